The summed E-state index contributed by atoms with van der Waals surface area (Å²) in [6.45, 7) is 2.40. The Hall–Kier alpha value is -3.36. The Labute approximate surface area is 229 Å². The number of carbonyl (C=O) groups is 2. The average molecular weight is 548 g/mol. The summed E-state index contributed by atoms with van der Waals surface area (Å²) < 4.78 is 2.10. The summed E-state index contributed by atoms with van der Waals surface area (Å²) in [6.07, 6.45) is 6.72. The number of thioether (sulfide) groups is 1. The van der Waals surface area contributed by atoms with Crippen molar-refractivity contribution in [2.45, 2.75) is 19.0 Å². The summed E-state index contributed by atoms with van der Waals surface area (Å²) >= 11 is 1.70. The Morgan fingerprint density at radius 1 is 1.00 bits per heavy atom. The lowest BCUT2D eigenvalue weighted by Gasteiger charge is -2.40. The number of aliphatic carboxylic acids is 1. The summed E-state index contributed by atoms with van der Waals surface area (Å²) in [5, 5.41) is 21.7. The first kappa shape index (κ1) is 27.7. The number of rotatable bonds is 9. The fourth-order valence-corrected chi connectivity index (χ4v) is 11.3. The SMILES string of the molecule is CN(C)c1ccc2c(c1)[Si](C)(CCSCCC(=O)O)C1=CC(=[N+](C)C)C=CC1=C2c1ccccc1C(=O)O. The molecule has 2 aromatic rings. The molecule has 1 heterocycles. The number of nitrogens with zero attached hydrogens (tertiary/aromatic N) is 2. The van der Waals surface area contributed by atoms with Gasteiger partial charge in [0.25, 0.3) is 0 Å². The lowest BCUT2D eigenvalue weighted by molar-refractivity contribution is -0.462. The molecule has 2 aliphatic rings. The van der Waals surface area contributed by atoms with Crippen LogP contribution in [0.1, 0.15) is 27.9 Å². The zero-order chi connectivity index (χ0) is 27.6. The molecule has 0 aromatic heterocycles. The van der Waals surface area contributed by atoms with Crippen molar-refractivity contribution in [3.05, 3.63) is 88.2 Å². The van der Waals surface area contributed by atoms with Gasteiger partial charge in [0.1, 0.15) is 22.2 Å². The van der Waals surface area contributed by atoms with Crippen LogP contribution in [0.2, 0.25) is 12.6 Å². The highest BCUT2D eigenvalue weighted by Gasteiger charge is 2.44. The Balaban J connectivity index is 1.98. The van der Waals surface area contributed by atoms with Crippen molar-refractivity contribution in [2.75, 3.05) is 44.6 Å². The molecule has 38 heavy (non-hydrogen) atoms. The molecule has 0 radical (unpaired) electrons. The molecule has 4 rings (SSSR count). The van der Waals surface area contributed by atoms with Crippen molar-refractivity contribution in [1.82, 2.24) is 0 Å². The van der Waals surface area contributed by atoms with Gasteiger partial charge in [0.2, 0.25) is 0 Å². The number of hydrogen-bond donors (Lipinski definition) is 2. The van der Waals surface area contributed by atoms with E-state index in [-0.39, 0.29) is 6.42 Å². The van der Waals surface area contributed by atoms with E-state index in [1.165, 1.54) is 10.4 Å². The van der Waals surface area contributed by atoms with Gasteiger partial charge >= 0.3 is 11.9 Å². The largest absolute Gasteiger partial charge is 0.481 e. The molecule has 6 nitrogen and oxygen atoms in total. The van der Waals surface area contributed by atoms with Crippen LogP contribution < -0.4 is 10.1 Å². The van der Waals surface area contributed by atoms with Crippen LogP contribution in [0.15, 0.2) is 71.5 Å². The molecular weight excluding hydrogens is 512 g/mol. The van der Waals surface area contributed by atoms with Crippen LogP contribution in [0.25, 0.3) is 5.57 Å². The molecule has 2 aromatic carbocycles. The van der Waals surface area contributed by atoms with Crippen LogP contribution in [0, 0.1) is 0 Å². The number of allylic oxidation sites excluding steroid dienone is 5. The second-order valence-corrected chi connectivity index (χ2v) is 15.8. The van der Waals surface area contributed by atoms with Crippen LogP contribution in [0.4, 0.5) is 5.69 Å². The van der Waals surface area contributed by atoms with Crippen molar-refractivity contribution in [3.8, 4) is 0 Å². The van der Waals surface area contributed by atoms with E-state index in [1.54, 1.807) is 23.9 Å². The number of anilines is 1. The molecule has 0 spiro atoms. The van der Waals surface area contributed by atoms with E-state index in [0.29, 0.717) is 11.3 Å². The van der Waals surface area contributed by atoms with Gasteiger partial charge in [-0.25, -0.2) is 9.37 Å². The smallest absolute Gasteiger partial charge is 0.336 e. The maximum Gasteiger partial charge on any atom is 0.336 e. The summed E-state index contributed by atoms with van der Waals surface area (Å²) in [4.78, 5) is 25.4. The number of carboxylic acid groups (broad SMARTS) is 2. The van der Waals surface area contributed by atoms with E-state index in [1.807, 2.05) is 40.3 Å². The van der Waals surface area contributed by atoms with Crippen LogP contribution in [0.3, 0.4) is 0 Å². The molecule has 8 heteroatoms. The number of carboxylic acids is 2. The van der Waals surface area contributed by atoms with Crippen molar-refractivity contribution in [3.63, 3.8) is 0 Å². The first-order valence-electron chi connectivity index (χ1n) is 12.7. The number of fused-ring (bicyclic) bond motifs is 2. The molecule has 0 fully saturated rings. The second kappa shape index (κ2) is 11.2. The molecular formula is C30H35N2O4SSi+. The number of aromatic carboxylic acids is 1. The van der Waals surface area contributed by atoms with Crippen LogP contribution >= 0.6 is 11.8 Å². The van der Waals surface area contributed by atoms with E-state index < -0.39 is 20.0 Å². The van der Waals surface area contributed by atoms with Crippen molar-refractivity contribution < 1.29 is 24.4 Å². The van der Waals surface area contributed by atoms with E-state index in [2.05, 4.69) is 52.4 Å². The Morgan fingerprint density at radius 2 is 1.74 bits per heavy atom. The number of hydrogen-bond acceptors (Lipinski definition) is 4. The van der Waals surface area contributed by atoms with Crippen molar-refractivity contribution >= 4 is 53.9 Å². The molecule has 1 unspecified atom stereocenters. The van der Waals surface area contributed by atoms with Crippen LogP contribution in [-0.4, -0.2) is 80.2 Å². The average Bonchev–Trinajstić information content (AvgIpc) is 2.88. The summed E-state index contributed by atoms with van der Waals surface area (Å²) in [7, 11) is 5.82. The number of benzene rings is 2. The highest BCUT2D eigenvalue weighted by molar-refractivity contribution is 7.99. The second-order valence-electron chi connectivity index (χ2n) is 10.3. The zero-order valence-corrected chi connectivity index (χ0v) is 24.4. The minimum absolute atomic E-state index is 0.162. The van der Waals surface area contributed by atoms with Gasteiger partial charge in [-0.1, -0.05) is 30.8 Å². The topological polar surface area (TPSA) is 80.9 Å². The van der Waals surface area contributed by atoms with Gasteiger partial charge in [-0.2, -0.15) is 11.8 Å². The van der Waals surface area contributed by atoms with Crippen molar-refractivity contribution in [2.24, 2.45) is 0 Å². The van der Waals surface area contributed by atoms with Gasteiger partial charge < -0.3 is 15.1 Å². The highest BCUT2D eigenvalue weighted by atomic mass is 32.2. The maximum atomic E-state index is 12.3. The van der Waals surface area contributed by atoms with Gasteiger partial charge in [-0.15, -0.1) is 0 Å². The third kappa shape index (κ3) is 5.28. The zero-order valence-electron chi connectivity index (χ0n) is 22.6. The van der Waals surface area contributed by atoms with Crippen LogP contribution in [-0.2, 0) is 4.79 Å². The maximum absolute atomic E-state index is 12.3. The van der Waals surface area contributed by atoms with Gasteiger partial charge in [-0.05, 0) is 68.7 Å². The lowest BCUT2D eigenvalue weighted by Crippen LogP contribution is -2.52. The fourth-order valence-electron chi connectivity index (χ4n) is 5.24. The fraction of sp³-hybridized carbons (Fsp3) is 0.300. The third-order valence-corrected chi connectivity index (χ3v) is 13.2. The Kier molecular flexibility index (Phi) is 8.13. The third-order valence-electron chi connectivity index (χ3n) is 7.40. The van der Waals surface area contributed by atoms with E-state index in [4.69, 9.17) is 5.11 Å². The first-order chi connectivity index (χ1) is 18.0. The minimum atomic E-state index is -2.32. The summed E-state index contributed by atoms with van der Waals surface area (Å²) in [5.41, 5.74) is 6.40. The van der Waals surface area contributed by atoms with Gasteiger partial charge in [0, 0.05) is 37.7 Å². The lowest BCUT2D eigenvalue weighted by atomic mass is 9.87. The molecule has 0 amide bonds. The predicted octanol–water partition coefficient (Wildman–Crippen LogP) is 4.51. The molecule has 1 atom stereocenters. The van der Waals surface area contributed by atoms with Crippen LogP contribution in [0.5, 0.6) is 0 Å². The van der Waals surface area contributed by atoms with E-state index in [9.17, 15) is 14.7 Å². The Bertz CT molecular complexity index is 1420. The molecule has 1 aliphatic heterocycles. The molecule has 0 saturated heterocycles. The van der Waals surface area contributed by atoms with Crippen molar-refractivity contribution in [1.29, 1.82) is 0 Å². The van der Waals surface area contributed by atoms with Gasteiger partial charge in [-0.3, -0.25) is 4.79 Å². The quantitative estimate of drug-likeness (QED) is 0.273. The minimum Gasteiger partial charge on any atom is -0.481 e. The summed E-state index contributed by atoms with van der Waals surface area (Å²) in [6, 6.07) is 14.8. The first-order valence-corrected chi connectivity index (χ1v) is 16.5. The molecule has 0 bridgehead atoms. The molecule has 2 N–H and O–H groups in total. The summed E-state index contributed by atoms with van der Waals surface area (Å²) in [5.74, 6) is -0.240. The monoisotopic (exact) mass is 547 g/mol. The Morgan fingerprint density at radius 3 is 2.39 bits per heavy atom. The molecule has 0 saturated carbocycles. The van der Waals surface area contributed by atoms with E-state index >= 15 is 0 Å². The predicted molar refractivity (Wildman–Crippen MR) is 160 cm³/mol. The molecule has 1 aliphatic carbocycles. The normalized spacial score (nSPS) is 18.0. The standard InChI is InChI=1S/C30H34N2O4SSi/c1-31(2)20-10-12-24-26(18-20)38(5,17-16-37-15-14-28(33)34)27-19-21(32(3)4)11-13-25(27)29(24)22-8-6-7-9-23(22)30(35)36/h6-13,18-19H,14-17H2,1-5H3,(H-,33,34,35,36)/p+1. The van der Waals surface area contributed by atoms with Gasteiger partial charge in [0.05, 0.1) is 12.0 Å². The highest BCUT2D eigenvalue weighted by Crippen LogP contribution is 2.44. The molecule has 198 valence electrons. The van der Waals surface area contributed by atoms with Gasteiger partial charge in [0.15, 0.2) is 5.71 Å². The van der Waals surface area contributed by atoms with E-state index in [0.717, 1.165) is 45.5 Å².